The van der Waals surface area contributed by atoms with Crippen molar-refractivity contribution < 1.29 is 19.4 Å². The van der Waals surface area contributed by atoms with Crippen molar-refractivity contribution in [1.29, 1.82) is 0 Å². The molecular weight excluding hydrogens is 260 g/mol. The Balaban J connectivity index is 2.00. The van der Waals surface area contributed by atoms with E-state index in [9.17, 15) is 14.7 Å². The van der Waals surface area contributed by atoms with Crippen LogP contribution < -0.4 is 11.1 Å². The highest BCUT2D eigenvalue weighted by Gasteiger charge is 2.40. The maximum atomic E-state index is 12.0. The van der Waals surface area contributed by atoms with E-state index in [1.807, 2.05) is 0 Å². The lowest BCUT2D eigenvalue weighted by Crippen LogP contribution is -2.46. The molecule has 1 aromatic rings. The first-order chi connectivity index (χ1) is 9.53. The molecule has 0 aromatic heterocycles. The minimum Gasteiger partial charge on any atom is -0.481 e. The zero-order valence-electron chi connectivity index (χ0n) is 11.1. The fourth-order valence-corrected chi connectivity index (χ4v) is 2.21. The van der Waals surface area contributed by atoms with Gasteiger partial charge in [0.05, 0.1) is 5.41 Å². The van der Waals surface area contributed by atoms with Crippen LogP contribution in [0.15, 0.2) is 24.3 Å². The lowest BCUT2D eigenvalue weighted by atomic mass is 9.80. The topological polar surface area (TPSA) is 102 Å². The van der Waals surface area contributed by atoms with Gasteiger partial charge < -0.3 is 20.9 Å². The lowest BCUT2D eigenvalue weighted by Gasteiger charge is -2.33. The second-order valence-corrected chi connectivity index (χ2v) is 5.00. The van der Waals surface area contributed by atoms with Crippen molar-refractivity contribution in [2.75, 3.05) is 25.5 Å². The van der Waals surface area contributed by atoms with Crippen LogP contribution in [0, 0.1) is 5.41 Å². The fraction of sp³-hybridized carbons (Fsp3) is 0.429. The number of carboxylic acid groups (broad SMARTS) is 1. The highest BCUT2D eigenvalue weighted by molar-refractivity contribution is 5.94. The third kappa shape index (κ3) is 3.08. The summed E-state index contributed by atoms with van der Waals surface area (Å²) in [6.45, 7) is 0.920. The lowest BCUT2D eigenvalue weighted by molar-refractivity contribution is -0.154. The van der Waals surface area contributed by atoms with E-state index in [0.717, 1.165) is 0 Å². The number of nitrogens with one attached hydrogen (secondary N) is 1. The smallest absolute Gasteiger partial charge is 0.311 e. The van der Waals surface area contributed by atoms with E-state index in [1.165, 1.54) is 0 Å². The highest BCUT2D eigenvalue weighted by Crippen LogP contribution is 2.30. The normalized spacial score (nSPS) is 17.4. The van der Waals surface area contributed by atoms with E-state index in [-0.39, 0.29) is 12.5 Å². The molecule has 0 unspecified atom stereocenters. The van der Waals surface area contributed by atoms with E-state index >= 15 is 0 Å². The summed E-state index contributed by atoms with van der Waals surface area (Å²) in [5.74, 6) is -1.18. The fourth-order valence-electron chi connectivity index (χ4n) is 2.21. The van der Waals surface area contributed by atoms with E-state index < -0.39 is 11.4 Å². The minimum atomic E-state index is -0.929. The summed E-state index contributed by atoms with van der Waals surface area (Å²) in [6, 6.07) is 6.50. The molecule has 0 saturated carbocycles. The zero-order valence-corrected chi connectivity index (χ0v) is 11.1. The van der Waals surface area contributed by atoms with Crippen LogP contribution in [-0.4, -0.2) is 36.7 Å². The number of carboxylic acids is 1. The molecule has 1 heterocycles. The number of nitrogens with two attached hydrogens (primary N) is 1. The number of amides is 1. The van der Waals surface area contributed by atoms with Crippen molar-refractivity contribution in [3.8, 4) is 0 Å². The first kappa shape index (κ1) is 14.3. The third-order valence-corrected chi connectivity index (χ3v) is 3.66. The first-order valence-corrected chi connectivity index (χ1v) is 6.48. The molecule has 1 saturated heterocycles. The van der Waals surface area contributed by atoms with Crippen molar-refractivity contribution in [2.45, 2.75) is 12.8 Å². The van der Waals surface area contributed by atoms with E-state index in [1.54, 1.807) is 24.3 Å². The third-order valence-electron chi connectivity index (χ3n) is 3.66. The highest BCUT2D eigenvalue weighted by atomic mass is 16.5. The van der Waals surface area contributed by atoms with Gasteiger partial charge >= 0.3 is 5.97 Å². The Morgan fingerprint density at radius 3 is 2.40 bits per heavy atom. The van der Waals surface area contributed by atoms with Gasteiger partial charge in [0.25, 0.3) is 5.91 Å². The summed E-state index contributed by atoms with van der Waals surface area (Å²) in [4.78, 5) is 23.4. The number of nitrogen functional groups attached to an aromatic ring is 1. The van der Waals surface area contributed by atoms with Crippen LogP contribution in [0.4, 0.5) is 5.69 Å². The van der Waals surface area contributed by atoms with Crippen LogP contribution in [0.2, 0.25) is 0 Å². The van der Waals surface area contributed by atoms with Crippen LogP contribution in [0.1, 0.15) is 23.2 Å². The molecule has 1 aliphatic heterocycles. The molecule has 0 atom stereocenters. The van der Waals surface area contributed by atoms with Crippen LogP contribution in [0.25, 0.3) is 0 Å². The zero-order chi connectivity index (χ0) is 14.6. The van der Waals surface area contributed by atoms with Gasteiger partial charge in [-0.3, -0.25) is 9.59 Å². The maximum absolute atomic E-state index is 12.0. The van der Waals surface area contributed by atoms with Crippen LogP contribution in [-0.2, 0) is 9.53 Å². The minimum absolute atomic E-state index is 0.106. The predicted molar refractivity (Wildman–Crippen MR) is 73.3 cm³/mol. The van der Waals surface area contributed by atoms with Gasteiger partial charge in [0.2, 0.25) is 0 Å². The summed E-state index contributed by atoms with van der Waals surface area (Å²) in [5.41, 5.74) is 5.67. The van der Waals surface area contributed by atoms with Gasteiger partial charge in [-0.05, 0) is 37.1 Å². The summed E-state index contributed by atoms with van der Waals surface area (Å²) < 4.78 is 5.19. The van der Waals surface area contributed by atoms with Gasteiger partial charge in [-0.1, -0.05) is 0 Å². The van der Waals surface area contributed by atoms with E-state index in [2.05, 4.69) is 5.32 Å². The summed E-state index contributed by atoms with van der Waals surface area (Å²) >= 11 is 0. The quantitative estimate of drug-likeness (QED) is 0.710. The average Bonchev–Trinajstić information content (AvgIpc) is 2.46. The largest absolute Gasteiger partial charge is 0.481 e. The summed E-state index contributed by atoms with van der Waals surface area (Å²) in [7, 11) is 0. The Kier molecular flexibility index (Phi) is 4.24. The Hall–Kier alpha value is -2.08. The number of anilines is 1. The van der Waals surface area contributed by atoms with Gasteiger partial charge in [0, 0.05) is 31.0 Å². The molecule has 0 spiro atoms. The van der Waals surface area contributed by atoms with Crippen LogP contribution in [0.5, 0.6) is 0 Å². The van der Waals surface area contributed by atoms with E-state index in [4.69, 9.17) is 10.5 Å². The molecule has 6 heteroatoms. The number of hydrogen-bond donors (Lipinski definition) is 3. The monoisotopic (exact) mass is 278 g/mol. The number of ether oxygens (including phenoxy) is 1. The Labute approximate surface area is 116 Å². The first-order valence-electron chi connectivity index (χ1n) is 6.48. The Morgan fingerprint density at radius 1 is 1.25 bits per heavy atom. The Bertz CT molecular complexity index is 492. The van der Waals surface area contributed by atoms with Gasteiger partial charge in [-0.25, -0.2) is 0 Å². The Morgan fingerprint density at radius 2 is 1.85 bits per heavy atom. The number of hydrogen-bond acceptors (Lipinski definition) is 4. The van der Waals surface area contributed by atoms with Crippen LogP contribution in [0.3, 0.4) is 0 Å². The maximum Gasteiger partial charge on any atom is 0.311 e. The standard InChI is InChI=1S/C14H18N2O4/c15-11-3-1-10(2-4-11)12(17)16-9-14(13(18)19)5-7-20-8-6-14/h1-4H,5-9,15H2,(H,16,17)(H,18,19). The molecule has 108 valence electrons. The number of benzene rings is 1. The van der Waals surface area contributed by atoms with Gasteiger partial charge in [-0.15, -0.1) is 0 Å². The summed E-state index contributed by atoms with van der Waals surface area (Å²) in [6.07, 6.45) is 0.814. The SMILES string of the molecule is Nc1ccc(C(=O)NCC2(C(=O)O)CCOCC2)cc1. The molecule has 2 rings (SSSR count). The van der Waals surface area contributed by atoms with Crippen molar-refractivity contribution >= 4 is 17.6 Å². The number of rotatable bonds is 4. The molecule has 1 amide bonds. The van der Waals surface area contributed by atoms with Gasteiger partial charge in [0.15, 0.2) is 0 Å². The molecule has 20 heavy (non-hydrogen) atoms. The molecule has 0 bridgehead atoms. The second-order valence-electron chi connectivity index (χ2n) is 5.00. The van der Waals surface area contributed by atoms with Crippen molar-refractivity contribution in [3.63, 3.8) is 0 Å². The molecule has 4 N–H and O–H groups in total. The second kappa shape index (κ2) is 5.92. The molecule has 1 fully saturated rings. The number of carbonyl (C=O) groups excluding carboxylic acids is 1. The molecule has 1 aromatic carbocycles. The van der Waals surface area contributed by atoms with Crippen molar-refractivity contribution in [1.82, 2.24) is 5.32 Å². The number of carbonyl (C=O) groups is 2. The molecule has 0 radical (unpaired) electrons. The van der Waals surface area contributed by atoms with Crippen molar-refractivity contribution in [2.24, 2.45) is 5.41 Å². The average molecular weight is 278 g/mol. The van der Waals surface area contributed by atoms with E-state index in [0.29, 0.717) is 37.3 Å². The summed E-state index contributed by atoms with van der Waals surface area (Å²) in [5, 5.41) is 12.1. The number of aliphatic carboxylic acids is 1. The van der Waals surface area contributed by atoms with Gasteiger partial charge in [-0.2, -0.15) is 0 Å². The molecular formula is C14H18N2O4. The molecule has 6 nitrogen and oxygen atoms in total. The van der Waals surface area contributed by atoms with Gasteiger partial charge in [0.1, 0.15) is 0 Å². The van der Waals surface area contributed by atoms with Crippen molar-refractivity contribution in [3.05, 3.63) is 29.8 Å². The molecule has 1 aliphatic rings. The van der Waals surface area contributed by atoms with Crippen LogP contribution >= 0.6 is 0 Å². The molecule has 0 aliphatic carbocycles. The predicted octanol–water partition coefficient (Wildman–Crippen LogP) is 0.880.